The Morgan fingerprint density at radius 2 is 1.66 bits per heavy atom. The molecule has 3 aromatic carbocycles. The molecule has 11 heteroatoms. The Balaban J connectivity index is 1.58. The minimum absolute atomic E-state index is 0.0332. The van der Waals surface area contributed by atoms with Gasteiger partial charge in [0.25, 0.3) is 0 Å². The van der Waals surface area contributed by atoms with Gasteiger partial charge in [-0.15, -0.1) is 0 Å². The normalized spacial score (nSPS) is 14.2. The molecule has 0 radical (unpaired) electrons. The first kappa shape index (κ1) is 33.6. The number of nitrogens with one attached hydrogen (secondary N) is 1. The number of halogens is 2. The van der Waals surface area contributed by atoms with Gasteiger partial charge in [0, 0.05) is 37.0 Å². The van der Waals surface area contributed by atoms with Gasteiger partial charge in [-0.05, 0) is 60.7 Å². The first-order valence-electron chi connectivity index (χ1n) is 14.7. The van der Waals surface area contributed by atoms with Gasteiger partial charge in [0.2, 0.25) is 21.8 Å². The summed E-state index contributed by atoms with van der Waals surface area (Å²) in [6.45, 7) is 0.259. The lowest BCUT2D eigenvalue weighted by molar-refractivity contribution is -0.141. The zero-order valence-electron chi connectivity index (χ0n) is 25.0. The number of methoxy groups -OCH3 is 1. The molecule has 1 fully saturated rings. The maximum Gasteiger partial charge on any atom is 0.243 e. The Labute approximate surface area is 270 Å². The van der Waals surface area contributed by atoms with Gasteiger partial charge in [-0.2, -0.15) is 0 Å². The predicted octanol–water partition coefficient (Wildman–Crippen LogP) is 6.25. The van der Waals surface area contributed by atoms with E-state index in [9.17, 15) is 18.0 Å². The summed E-state index contributed by atoms with van der Waals surface area (Å²) in [5.41, 5.74) is 2.15. The lowest BCUT2D eigenvalue weighted by Crippen LogP contribution is -2.52. The van der Waals surface area contributed by atoms with Gasteiger partial charge in [0.1, 0.15) is 11.8 Å². The summed E-state index contributed by atoms with van der Waals surface area (Å²) < 4.78 is 31.9. The van der Waals surface area contributed by atoms with Crippen LogP contribution in [0.1, 0.15) is 49.7 Å². The van der Waals surface area contributed by atoms with E-state index in [0.29, 0.717) is 22.9 Å². The third-order valence-corrected chi connectivity index (χ3v) is 9.56. The molecular formula is C33H39Cl2N3O5S. The highest BCUT2D eigenvalue weighted by molar-refractivity contribution is 7.92. The fourth-order valence-corrected chi connectivity index (χ4v) is 6.86. The van der Waals surface area contributed by atoms with Gasteiger partial charge < -0.3 is 15.0 Å². The van der Waals surface area contributed by atoms with Crippen molar-refractivity contribution in [2.24, 2.45) is 0 Å². The predicted molar refractivity (Wildman–Crippen MR) is 176 cm³/mol. The maximum atomic E-state index is 14.0. The van der Waals surface area contributed by atoms with Crippen LogP contribution in [0.15, 0.2) is 72.8 Å². The number of ether oxygens (including phenoxy) is 1. The van der Waals surface area contributed by atoms with E-state index >= 15 is 0 Å². The van der Waals surface area contributed by atoms with Crippen molar-refractivity contribution in [3.05, 3.63) is 94.0 Å². The average molecular weight is 661 g/mol. The van der Waals surface area contributed by atoms with Crippen molar-refractivity contribution in [1.82, 2.24) is 10.2 Å². The van der Waals surface area contributed by atoms with Crippen LogP contribution in [0.25, 0.3) is 0 Å². The molecule has 1 N–H and O–H groups in total. The van der Waals surface area contributed by atoms with Crippen molar-refractivity contribution in [3.8, 4) is 5.75 Å². The number of hydrogen-bond donors (Lipinski definition) is 1. The van der Waals surface area contributed by atoms with Crippen molar-refractivity contribution in [2.75, 3.05) is 24.2 Å². The Morgan fingerprint density at radius 3 is 2.27 bits per heavy atom. The van der Waals surface area contributed by atoms with Crippen LogP contribution in [0.4, 0.5) is 5.69 Å². The van der Waals surface area contributed by atoms with E-state index in [1.165, 1.54) is 17.5 Å². The summed E-state index contributed by atoms with van der Waals surface area (Å²) in [5, 5.41) is 4.05. The Hall–Kier alpha value is -3.27. The van der Waals surface area contributed by atoms with Crippen LogP contribution in [0.2, 0.25) is 10.0 Å². The van der Waals surface area contributed by atoms with Crippen molar-refractivity contribution in [1.29, 1.82) is 0 Å². The van der Waals surface area contributed by atoms with Crippen molar-refractivity contribution < 1.29 is 22.7 Å². The quantitative estimate of drug-likeness (QED) is 0.221. The van der Waals surface area contributed by atoms with Crippen LogP contribution in [-0.2, 0) is 32.6 Å². The fourth-order valence-electron chi connectivity index (χ4n) is 5.52. The number of nitrogens with zero attached hydrogens (tertiary/aromatic N) is 2. The first-order chi connectivity index (χ1) is 21.0. The largest absolute Gasteiger partial charge is 0.495 e. The second-order valence-corrected chi connectivity index (χ2v) is 13.9. The molecule has 0 bridgehead atoms. The number of anilines is 1. The first-order valence-corrected chi connectivity index (χ1v) is 17.3. The zero-order chi connectivity index (χ0) is 31.7. The van der Waals surface area contributed by atoms with Crippen LogP contribution in [0.5, 0.6) is 5.75 Å². The standard InChI is InChI=1S/C33H39Cl2N3O5S/c1-43-31-19-18-28(22-29(31)35)38(44(2,41)42)20-8-13-32(39)37(23-25-14-16-26(34)17-15-25)30(21-24-9-4-3-5-10-24)33(40)36-27-11-6-7-12-27/h3-5,9-10,14-19,22,27,30H,6-8,11-13,20-21,23H2,1-2H3,(H,36,40)/t30-/m0/s1. The summed E-state index contributed by atoms with van der Waals surface area (Å²) in [4.78, 5) is 29.5. The van der Waals surface area contributed by atoms with Crippen molar-refractivity contribution in [3.63, 3.8) is 0 Å². The minimum atomic E-state index is -3.68. The van der Waals surface area contributed by atoms with Gasteiger partial charge in [-0.3, -0.25) is 13.9 Å². The molecule has 0 saturated heterocycles. The third kappa shape index (κ3) is 9.36. The third-order valence-electron chi connectivity index (χ3n) is 7.81. The molecule has 2 amide bonds. The molecule has 1 aliphatic carbocycles. The van der Waals surface area contributed by atoms with Gasteiger partial charge in [0.05, 0.1) is 24.1 Å². The summed E-state index contributed by atoms with van der Waals surface area (Å²) in [6.07, 6.45) is 5.70. The van der Waals surface area contributed by atoms with Crippen LogP contribution in [0, 0.1) is 0 Å². The summed E-state index contributed by atoms with van der Waals surface area (Å²) in [5.74, 6) is -0.00500. The van der Waals surface area contributed by atoms with Crippen LogP contribution >= 0.6 is 23.2 Å². The molecule has 0 aromatic heterocycles. The van der Waals surface area contributed by atoms with Crippen molar-refractivity contribution >= 4 is 50.7 Å². The maximum absolute atomic E-state index is 14.0. The molecule has 8 nitrogen and oxygen atoms in total. The second-order valence-electron chi connectivity index (χ2n) is 11.1. The van der Waals surface area contributed by atoms with E-state index in [-0.39, 0.29) is 48.8 Å². The van der Waals surface area contributed by atoms with Gasteiger partial charge >= 0.3 is 0 Å². The van der Waals surface area contributed by atoms with E-state index in [2.05, 4.69) is 5.32 Å². The molecule has 44 heavy (non-hydrogen) atoms. The smallest absolute Gasteiger partial charge is 0.243 e. The Morgan fingerprint density at radius 1 is 0.977 bits per heavy atom. The van der Waals surface area contributed by atoms with Gasteiger partial charge in [0.15, 0.2) is 0 Å². The lowest BCUT2D eigenvalue weighted by Gasteiger charge is -2.33. The van der Waals surface area contributed by atoms with Gasteiger partial charge in [-0.25, -0.2) is 8.42 Å². The SMILES string of the molecule is COc1ccc(N(CCCC(=O)N(Cc2ccc(Cl)cc2)[C@@H](Cc2ccccc2)C(=O)NC2CCCC2)S(C)(=O)=O)cc1Cl. The number of hydrogen-bond acceptors (Lipinski definition) is 5. The zero-order valence-corrected chi connectivity index (χ0v) is 27.4. The topological polar surface area (TPSA) is 96.0 Å². The molecule has 3 aromatic rings. The highest BCUT2D eigenvalue weighted by atomic mass is 35.5. The van der Waals surface area contributed by atoms with Crippen LogP contribution < -0.4 is 14.4 Å². The highest BCUT2D eigenvalue weighted by Crippen LogP contribution is 2.30. The summed E-state index contributed by atoms with van der Waals surface area (Å²) >= 11 is 12.4. The van der Waals surface area contributed by atoms with Crippen LogP contribution in [-0.4, -0.2) is 57.1 Å². The van der Waals surface area contributed by atoms with Gasteiger partial charge in [-0.1, -0.05) is 78.5 Å². The molecule has 1 saturated carbocycles. The molecule has 1 aliphatic rings. The lowest BCUT2D eigenvalue weighted by atomic mass is 10.0. The molecule has 0 heterocycles. The van der Waals surface area contributed by atoms with E-state index in [0.717, 1.165) is 43.1 Å². The minimum Gasteiger partial charge on any atom is -0.495 e. The monoisotopic (exact) mass is 659 g/mol. The average Bonchev–Trinajstić information content (AvgIpc) is 3.51. The number of carbonyl (C=O) groups is 2. The number of amides is 2. The fraction of sp³-hybridized carbons (Fsp3) is 0.394. The van der Waals surface area contributed by atoms with E-state index in [1.54, 1.807) is 29.2 Å². The Bertz CT molecular complexity index is 1510. The Kier molecular flexibility index (Phi) is 11.9. The molecular weight excluding hydrogens is 621 g/mol. The number of carbonyl (C=O) groups excluding carboxylic acids is 2. The molecule has 1 atom stereocenters. The number of benzene rings is 3. The van der Waals surface area contributed by atoms with Crippen molar-refractivity contribution in [2.45, 2.75) is 63.6 Å². The van der Waals surface area contributed by atoms with E-state index in [1.807, 2.05) is 42.5 Å². The molecule has 4 rings (SSSR count). The summed E-state index contributed by atoms with van der Waals surface area (Å²) in [7, 11) is -2.19. The number of rotatable bonds is 14. The molecule has 0 aliphatic heterocycles. The summed E-state index contributed by atoms with van der Waals surface area (Å²) in [6, 6.07) is 20.9. The highest BCUT2D eigenvalue weighted by Gasteiger charge is 2.32. The number of sulfonamides is 1. The molecule has 0 spiro atoms. The van der Waals surface area contributed by atoms with Crippen LogP contribution in [0.3, 0.4) is 0 Å². The van der Waals surface area contributed by atoms with E-state index in [4.69, 9.17) is 27.9 Å². The molecule has 0 unspecified atom stereocenters. The molecule has 236 valence electrons. The second kappa shape index (κ2) is 15.6. The van der Waals surface area contributed by atoms with E-state index < -0.39 is 16.1 Å².